The first-order chi connectivity index (χ1) is 13.8. The van der Waals surface area contributed by atoms with Gasteiger partial charge in [0.1, 0.15) is 0 Å². The second-order valence-corrected chi connectivity index (χ2v) is 8.61. The van der Waals surface area contributed by atoms with Crippen molar-refractivity contribution in [2.75, 3.05) is 27.2 Å². The zero-order valence-corrected chi connectivity index (χ0v) is 17.8. The van der Waals surface area contributed by atoms with Gasteiger partial charge in [-0.1, -0.05) is 43.2 Å². The smallest absolute Gasteiger partial charge is 0.251 e. The van der Waals surface area contributed by atoms with Gasteiger partial charge in [-0.25, -0.2) is 8.42 Å². The molecule has 0 spiro atoms. The van der Waals surface area contributed by atoms with Crippen LogP contribution in [0, 0.1) is 12.3 Å². The Morgan fingerprint density at radius 3 is 2.45 bits per heavy atom. The highest BCUT2D eigenvalue weighted by molar-refractivity contribution is 7.89. The summed E-state index contributed by atoms with van der Waals surface area (Å²) in [5, 5.41) is 2.90. The molecule has 0 aliphatic rings. The average Bonchev–Trinajstić information content (AvgIpc) is 2.72. The second-order valence-electron chi connectivity index (χ2n) is 6.84. The Hall–Kier alpha value is -2.66. The number of hydrogen-bond donors (Lipinski definition) is 2. The molecule has 2 N–H and O–H groups in total. The van der Waals surface area contributed by atoms with Gasteiger partial charge in [0.15, 0.2) is 0 Å². The maximum Gasteiger partial charge on any atom is 0.251 e. The summed E-state index contributed by atoms with van der Waals surface area (Å²) in [6, 6.07) is 14.2. The minimum absolute atomic E-state index is 0.000265. The minimum Gasteiger partial charge on any atom is -0.350 e. The van der Waals surface area contributed by atoms with E-state index in [1.807, 2.05) is 19.0 Å². The van der Waals surface area contributed by atoms with Crippen molar-refractivity contribution < 1.29 is 13.2 Å². The molecule has 1 amide bonds. The monoisotopic (exact) mass is 413 g/mol. The number of carbonyl (C=O) groups is 1. The van der Waals surface area contributed by atoms with Crippen LogP contribution < -0.4 is 10.0 Å². The molecule has 0 aromatic heterocycles. The van der Waals surface area contributed by atoms with Crippen molar-refractivity contribution in [2.45, 2.75) is 24.3 Å². The molecule has 0 radical (unpaired) electrons. The van der Waals surface area contributed by atoms with Gasteiger partial charge in [-0.05, 0) is 49.8 Å². The molecule has 2 rings (SSSR count). The van der Waals surface area contributed by atoms with Gasteiger partial charge in [-0.2, -0.15) is 4.72 Å². The number of benzene rings is 2. The highest BCUT2D eigenvalue weighted by Gasteiger charge is 2.18. The van der Waals surface area contributed by atoms with Crippen LogP contribution in [0.15, 0.2) is 53.4 Å². The molecular weight excluding hydrogens is 386 g/mol. The predicted octanol–water partition coefficient (Wildman–Crippen LogP) is 2.19. The standard InChI is InChI=1S/C22H27N3O3S/c1-5-14-24-29(27,28)20-9-7-8-19(15-20)22(26)23-16-21(25(3)4)18-12-10-17(6-2)11-13-18/h1,7-13,15,21,24H,6,14,16H2,2-4H3,(H,23,26). The molecule has 154 valence electrons. The number of hydrogen-bond acceptors (Lipinski definition) is 4. The van der Waals surface area contributed by atoms with Crippen LogP contribution in [0.4, 0.5) is 0 Å². The number of terminal acetylenes is 1. The Balaban J connectivity index is 2.12. The molecule has 0 aliphatic carbocycles. The lowest BCUT2D eigenvalue weighted by Crippen LogP contribution is -2.34. The first-order valence-electron chi connectivity index (χ1n) is 9.35. The molecule has 2 aromatic rings. The fraction of sp³-hybridized carbons (Fsp3) is 0.318. The fourth-order valence-electron chi connectivity index (χ4n) is 2.89. The summed E-state index contributed by atoms with van der Waals surface area (Å²) in [7, 11) is 0.153. The molecule has 1 atom stereocenters. The molecule has 0 bridgehead atoms. The van der Waals surface area contributed by atoms with Crippen LogP contribution in [-0.4, -0.2) is 46.4 Å². The zero-order valence-electron chi connectivity index (χ0n) is 17.0. The van der Waals surface area contributed by atoms with E-state index < -0.39 is 10.0 Å². The quantitative estimate of drug-likeness (QED) is 0.618. The van der Waals surface area contributed by atoms with Gasteiger partial charge < -0.3 is 10.2 Å². The maximum absolute atomic E-state index is 12.6. The normalized spacial score (nSPS) is 12.4. The SMILES string of the molecule is C#CCNS(=O)(=O)c1cccc(C(=O)NCC(c2ccc(CC)cc2)N(C)C)c1. The van der Waals surface area contributed by atoms with Crippen LogP contribution in [0.1, 0.15) is 34.5 Å². The zero-order chi connectivity index (χ0) is 21.4. The lowest BCUT2D eigenvalue weighted by atomic mass is 10.0. The van der Waals surface area contributed by atoms with E-state index >= 15 is 0 Å². The minimum atomic E-state index is -3.75. The molecule has 0 aliphatic heterocycles. The molecule has 0 saturated carbocycles. The molecule has 1 unspecified atom stereocenters. The van der Waals surface area contributed by atoms with E-state index in [-0.39, 0.29) is 29.0 Å². The third-order valence-electron chi connectivity index (χ3n) is 4.62. The van der Waals surface area contributed by atoms with Crippen molar-refractivity contribution in [2.24, 2.45) is 0 Å². The highest BCUT2D eigenvalue weighted by atomic mass is 32.2. The van der Waals surface area contributed by atoms with E-state index in [0.717, 1.165) is 12.0 Å². The van der Waals surface area contributed by atoms with Crippen molar-refractivity contribution >= 4 is 15.9 Å². The molecular formula is C22H27N3O3S. The largest absolute Gasteiger partial charge is 0.350 e. The Labute approximate surface area is 173 Å². The molecule has 0 heterocycles. The van der Waals surface area contributed by atoms with Crippen LogP contribution in [0.3, 0.4) is 0 Å². The van der Waals surface area contributed by atoms with Crippen molar-refractivity contribution in [3.05, 3.63) is 65.2 Å². The van der Waals surface area contributed by atoms with E-state index in [4.69, 9.17) is 6.42 Å². The Bertz CT molecular complexity index is 977. The molecule has 2 aromatic carbocycles. The summed E-state index contributed by atoms with van der Waals surface area (Å²) in [5.41, 5.74) is 2.63. The van der Waals surface area contributed by atoms with Crippen molar-refractivity contribution in [3.63, 3.8) is 0 Å². The Morgan fingerprint density at radius 1 is 1.17 bits per heavy atom. The van der Waals surface area contributed by atoms with Gasteiger partial charge in [-0.15, -0.1) is 6.42 Å². The van der Waals surface area contributed by atoms with E-state index in [1.165, 1.54) is 23.8 Å². The number of nitrogens with one attached hydrogen (secondary N) is 2. The van der Waals surface area contributed by atoms with E-state index in [1.54, 1.807) is 6.07 Å². The van der Waals surface area contributed by atoms with Crippen molar-refractivity contribution in [3.8, 4) is 12.3 Å². The lowest BCUT2D eigenvalue weighted by Gasteiger charge is -2.25. The van der Waals surface area contributed by atoms with Gasteiger partial charge in [0.25, 0.3) is 5.91 Å². The van der Waals surface area contributed by atoms with Crippen molar-refractivity contribution in [1.29, 1.82) is 0 Å². The third kappa shape index (κ3) is 6.16. The maximum atomic E-state index is 12.6. The number of amides is 1. The molecule has 0 fully saturated rings. The molecule has 29 heavy (non-hydrogen) atoms. The number of likely N-dealkylation sites (N-methyl/N-ethyl adjacent to an activating group) is 1. The van der Waals surface area contributed by atoms with Crippen LogP contribution in [0.25, 0.3) is 0 Å². The first kappa shape index (κ1) is 22.6. The Morgan fingerprint density at radius 2 is 1.86 bits per heavy atom. The summed E-state index contributed by atoms with van der Waals surface area (Å²) in [4.78, 5) is 14.7. The van der Waals surface area contributed by atoms with E-state index in [9.17, 15) is 13.2 Å². The summed E-state index contributed by atoms with van der Waals surface area (Å²) >= 11 is 0. The van der Waals surface area contributed by atoms with Crippen molar-refractivity contribution in [1.82, 2.24) is 14.9 Å². The number of rotatable bonds is 9. The van der Waals surface area contributed by atoms with E-state index in [0.29, 0.717) is 6.54 Å². The van der Waals surface area contributed by atoms with Gasteiger partial charge in [0.2, 0.25) is 10.0 Å². The molecule has 6 nitrogen and oxygen atoms in total. The van der Waals surface area contributed by atoms with Crippen LogP contribution >= 0.6 is 0 Å². The van der Waals surface area contributed by atoms with E-state index in [2.05, 4.69) is 47.1 Å². The number of nitrogens with zero attached hydrogens (tertiary/aromatic N) is 1. The Kier molecular flexibility index (Phi) is 7.97. The van der Waals surface area contributed by atoms with Gasteiger partial charge in [0, 0.05) is 12.1 Å². The summed E-state index contributed by atoms with van der Waals surface area (Å²) < 4.78 is 26.7. The van der Waals surface area contributed by atoms with Crippen LogP contribution in [0.2, 0.25) is 0 Å². The summed E-state index contributed by atoms with van der Waals surface area (Å²) in [5.74, 6) is 1.89. The summed E-state index contributed by atoms with van der Waals surface area (Å²) in [6.07, 6.45) is 6.07. The molecule has 0 saturated heterocycles. The number of sulfonamides is 1. The van der Waals surface area contributed by atoms with Gasteiger partial charge in [-0.3, -0.25) is 4.79 Å². The molecule has 7 heteroatoms. The second kappa shape index (κ2) is 10.2. The number of aryl methyl sites for hydroxylation is 1. The van der Waals surface area contributed by atoms with Crippen LogP contribution in [0.5, 0.6) is 0 Å². The lowest BCUT2D eigenvalue weighted by molar-refractivity contribution is 0.0941. The first-order valence-corrected chi connectivity index (χ1v) is 10.8. The summed E-state index contributed by atoms with van der Waals surface area (Å²) in [6.45, 7) is 2.39. The average molecular weight is 414 g/mol. The fourth-order valence-corrected chi connectivity index (χ4v) is 3.87. The predicted molar refractivity (Wildman–Crippen MR) is 115 cm³/mol. The van der Waals surface area contributed by atoms with Gasteiger partial charge >= 0.3 is 0 Å². The number of carbonyl (C=O) groups excluding carboxylic acids is 1. The highest BCUT2D eigenvalue weighted by Crippen LogP contribution is 2.19. The topological polar surface area (TPSA) is 78.5 Å². The van der Waals surface area contributed by atoms with Gasteiger partial charge in [0.05, 0.1) is 17.5 Å². The van der Waals surface area contributed by atoms with Crippen LogP contribution in [-0.2, 0) is 16.4 Å². The third-order valence-corrected chi connectivity index (χ3v) is 6.02.